The molecule has 0 aliphatic carbocycles. The number of aryl methyl sites for hydroxylation is 1. The first-order valence-electron chi connectivity index (χ1n) is 8.53. The second-order valence-electron chi connectivity index (χ2n) is 6.10. The van der Waals surface area contributed by atoms with Crippen molar-refractivity contribution in [2.45, 2.75) is 84.6 Å². The van der Waals surface area contributed by atoms with Gasteiger partial charge in [-0.05, 0) is 42.4 Å². The topological polar surface area (TPSA) is 26.0 Å². The van der Waals surface area contributed by atoms with Crippen molar-refractivity contribution in [2.75, 3.05) is 0 Å². The van der Waals surface area contributed by atoms with E-state index in [9.17, 15) is 0 Å². The molecule has 114 valence electrons. The zero-order chi connectivity index (χ0) is 15.0. The monoisotopic (exact) mass is 275 g/mol. The maximum atomic E-state index is 6.84. The van der Waals surface area contributed by atoms with Crippen molar-refractivity contribution < 1.29 is 0 Å². The van der Waals surface area contributed by atoms with E-state index < -0.39 is 0 Å². The van der Waals surface area contributed by atoms with Gasteiger partial charge in [-0.3, -0.25) is 0 Å². The normalized spacial score (nSPS) is 11.8. The summed E-state index contributed by atoms with van der Waals surface area (Å²) in [4.78, 5) is 0. The molecule has 1 nitrogen and oxygen atoms in total. The molecule has 0 spiro atoms. The lowest BCUT2D eigenvalue weighted by Gasteiger charge is -2.33. The van der Waals surface area contributed by atoms with Crippen molar-refractivity contribution in [2.24, 2.45) is 5.73 Å². The third kappa shape index (κ3) is 4.09. The van der Waals surface area contributed by atoms with Gasteiger partial charge in [0, 0.05) is 5.54 Å². The Hall–Kier alpha value is -0.820. The van der Waals surface area contributed by atoms with E-state index >= 15 is 0 Å². The number of nitrogens with two attached hydrogens (primary N) is 1. The number of benzene rings is 1. The van der Waals surface area contributed by atoms with Crippen LogP contribution in [-0.4, -0.2) is 0 Å². The molecule has 0 heterocycles. The molecule has 1 aromatic carbocycles. The molecule has 0 fully saturated rings. The van der Waals surface area contributed by atoms with Crippen LogP contribution in [-0.2, 0) is 18.4 Å². The van der Waals surface area contributed by atoms with E-state index in [1.807, 2.05) is 0 Å². The number of hydrogen-bond donors (Lipinski definition) is 1. The highest BCUT2D eigenvalue weighted by molar-refractivity contribution is 5.40. The smallest absolute Gasteiger partial charge is 0.0412 e. The predicted molar refractivity (Wildman–Crippen MR) is 90.1 cm³/mol. The quantitative estimate of drug-likeness (QED) is 0.646. The summed E-state index contributed by atoms with van der Waals surface area (Å²) in [5.41, 5.74) is 11.2. The first-order valence-corrected chi connectivity index (χ1v) is 8.53. The number of hydrogen-bond acceptors (Lipinski definition) is 1. The molecular weight excluding hydrogens is 242 g/mol. The fourth-order valence-corrected chi connectivity index (χ4v) is 3.44. The highest BCUT2D eigenvalue weighted by Crippen LogP contribution is 2.33. The van der Waals surface area contributed by atoms with Crippen LogP contribution >= 0.6 is 0 Å². The Labute approximate surface area is 126 Å². The van der Waals surface area contributed by atoms with Crippen LogP contribution < -0.4 is 5.73 Å². The summed E-state index contributed by atoms with van der Waals surface area (Å²) in [6.07, 6.45) is 9.23. The first-order chi connectivity index (χ1) is 9.62. The van der Waals surface area contributed by atoms with Crippen LogP contribution in [0.5, 0.6) is 0 Å². The van der Waals surface area contributed by atoms with Gasteiger partial charge in [0.05, 0.1) is 0 Å². The zero-order valence-corrected chi connectivity index (χ0v) is 14.0. The van der Waals surface area contributed by atoms with Crippen LogP contribution in [0.25, 0.3) is 0 Å². The fourth-order valence-electron chi connectivity index (χ4n) is 3.44. The Morgan fingerprint density at radius 3 is 1.95 bits per heavy atom. The maximum absolute atomic E-state index is 6.84. The Morgan fingerprint density at radius 1 is 0.850 bits per heavy atom. The van der Waals surface area contributed by atoms with Crippen LogP contribution in [0.3, 0.4) is 0 Å². The summed E-state index contributed by atoms with van der Waals surface area (Å²) in [5, 5.41) is 0. The van der Waals surface area contributed by atoms with Gasteiger partial charge in [-0.15, -0.1) is 0 Å². The Kier molecular flexibility index (Phi) is 7.29. The lowest BCUT2D eigenvalue weighted by atomic mass is 9.78. The van der Waals surface area contributed by atoms with E-state index in [1.165, 1.54) is 30.4 Å². The van der Waals surface area contributed by atoms with E-state index in [2.05, 4.69) is 45.9 Å². The minimum Gasteiger partial charge on any atom is -0.321 e. The van der Waals surface area contributed by atoms with E-state index in [0.29, 0.717) is 0 Å². The molecule has 0 unspecified atom stereocenters. The van der Waals surface area contributed by atoms with Gasteiger partial charge >= 0.3 is 0 Å². The average molecular weight is 275 g/mol. The molecule has 2 N–H and O–H groups in total. The Balaban J connectivity index is 3.28. The summed E-state index contributed by atoms with van der Waals surface area (Å²) < 4.78 is 0. The second-order valence-corrected chi connectivity index (χ2v) is 6.10. The van der Waals surface area contributed by atoms with Crippen LogP contribution in [0.2, 0.25) is 0 Å². The minimum atomic E-state index is -0.127. The molecule has 1 aromatic rings. The number of rotatable bonds is 9. The SMILES string of the molecule is CCCc1cccc(C(N)(CCC)CCC)c1CCC. The average Bonchev–Trinajstić information content (AvgIpc) is 2.41. The highest BCUT2D eigenvalue weighted by atomic mass is 14.7. The summed E-state index contributed by atoms with van der Waals surface area (Å²) in [5.74, 6) is 0. The largest absolute Gasteiger partial charge is 0.321 e. The molecular formula is C19H33N. The predicted octanol–water partition coefficient (Wildman–Crippen LogP) is 5.35. The molecule has 20 heavy (non-hydrogen) atoms. The van der Waals surface area contributed by atoms with Gasteiger partial charge in [-0.2, -0.15) is 0 Å². The fraction of sp³-hybridized carbons (Fsp3) is 0.684. The van der Waals surface area contributed by atoms with Crippen molar-refractivity contribution in [1.82, 2.24) is 0 Å². The van der Waals surface area contributed by atoms with Crippen molar-refractivity contribution in [3.63, 3.8) is 0 Å². The molecule has 0 saturated heterocycles. The zero-order valence-electron chi connectivity index (χ0n) is 14.0. The Morgan fingerprint density at radius 2 is 1.45 bits per heavy atom. The highest BCUT2D eigenvalue weighted by Gasteiger charge is 2.28. The van der Waals surface area contributed by atoms with E-state index in [1.54, 1.807) is 5.56 Å². The maximum Gasteiger partial charge on any atom is 0.0412 e. The molecule has 0 aromatic heterocycles. The van der Waals surface area contributed by atoms with Gasteiger partial charge < -0.3 is 5.73 Å². The second kappa shape index (κ2) is 8.46. The van der Waals surface area contributed by atoms with E-state index in [-0.39, 0.29) is 5.54 Å². The summed E-state index contributed by atoms with van der Waals surface area (Å²) >= 11 is 0. The first kappa shape index (κ1) is 17.2. The summed E-state index contributed by atoms with van der Waals surface area (Å²) in [6, 6.07) is 6.80. The van der Waals surface area contributed by atoms with Crippen molar-refractivity contribution in [3.8, 4) is 0 Å². The van der Waals surface area contributed by atoms with Crippen LogP contribution in [0.1, 0.15) is 82.9 Å². The van der Waals surface area contributed by atoms with Gasteiger partial charge in [0.15, 0.2) is 0 Å². The molecule has 1 heteroatoms. The lowest BCUT2D eigenvalue weighted by Crippen LogP contribution is -2.37. The van der Waals surface area contributed by atoms with Crippen LogP contribution in [0, 0.1) is 0 Å². The van der Waals surface area contributed by atoms with Gasteiger partial charge in [0.25, 0.3) is 0 Å². The molecule has 0 amide bonds. The molecule has 0 radical (unpaired) electrons. The van der Waals surface area contributed by atoms with Crippen molar-refractivity contribution >= 4 is 0 Å². The van der Waals surface area contributed by atoms with Crippen LogP contribution in [0.15, 0.2) is 18.2 Å². The summed E-state index contributed by atoms with van der Waals surface area (Å²) in [6.45, 7) is 9.01. The van der Waals surface area contributed by atoms with Gasteiger partial charge in [0.2, 0.25) is 0 Å². The molecule has 0 aliphatic heterocycles. The molecule has 0 saturated carbocycles. The van der Waals surface area contributed by atoms with E-state index in [4.69, 9.17) is 5.73 Å². The third-order valence-corrected chi connectivity index (χ3v) is 4.22. The summed E-state index contributed by atoms with van der Waals surface area (Å²) in [7, 11) is 0. The third-order valence-electron chi connectivity index (χ3n) is 4.22. The van der Waals surface area contributed by atoms with Crippen molar-refractivity contribution in [3.05, 3.63) is 34.9 Å². The standard InChI is InChI=1S/C19H33N/c1-5-10-16-12-9-13-18(17(16)11-6-2)19(20,14-7-3)15-8-4/h9,12-13H,5-8,10-11,14-15,20H2,1-4H3. The van der Waals surface area contributed by atoms with Gasteiger partial charge in [-0.25, -0.2) is 0 Å². The van der Waals surface area contributed by atoms with Crippen LogP contribution in [0.4, 0.5) is 0 Å². The molecule has 0 atom stereocenters. The van der Waals surface area contributed by atoms with Gasteiger partial charge in [0.1, 0.15) is 0 Å². The molecule has 1 rings (SSSR count). The molecule has 0 aliphatic rings. The molecule has 0 bridgehead atoms. The lowest BCUT2D eigenvalue weighted by molar-refractivity contribution is 0.366. The Bertz CT molecular complexity index is 389. The van der Waals surface area contributed by atoms with E-state index in [0.717, 1.165) is 32.1 Å². The van der Waals surface area contributed by atoms with Crippen molar-refractivity contribution in [1.29, 1.82) is 0 Å². The van der Waals surface area contributed by atoms with Gasteiger partial charge in [-0.1, -0.05) is 71.6 Å². The minimum absolute atomic E-state index is 0.127.